The lowest BCUT2D eigenvalue weighted by molar-refractivity contribution is -0.480. The number of rotatable bonds is 18. The average Bonchev–Trinajstić information content (AvgIpc) is 2.67. The molecule has 0 aromatic rings. The quantitative estimate of drug-likeness (QED) is 0.125. The molecule has 28 heavy (non-hydrogen) atoms. The van der Waals surface area contributed by atoms with Crippen molar-refractivity contribution < 1.29 is 14.3 Å². The molecule has 0 saturated heterocycles. The summed E-state index contributed by atoms with van der Waals surface area (Å²) >= 11 is 1.36. The predicted octanol–water partition coefficient (Wildman–Crippen LogP) is 5.87. The van der Waals surface area contributed by atoms with E-state index >= 15 is 0 Å². The summed E-state index contributed by atoms with van der Waals surface area (Å²) in [7, 11) is 3.29. The molecular weight excluding hydrogens is 397 g/mol. The molecule has 9 heteroatoms. The maximum absolute atomic E-state index is 13.0. The maximum atomic E-state index is 13.0. The van der Waals surface area contributed by atoms with Gasteiger partial charge in [-0.05, 0) is 26.3 Å². The molecule has 166 valence electrons. The van der Waals surface area contributed by atoms with E-state index in [4.69, 9.17) is 0 Å². The molecule has 0 aromatic heterocycles. The van der Waals surface area contributed by atoms with Gasteiger partial charge in [0.05, 0.1) is 0 Å². The van der Waals surface area contributed by atoms with Gasteiger partial charge in [0.25, 0.3) is 6.65 Å². The highest BCUT2D eigenvalue weighted by atomic mass is 32.7. The van der Waals surface area contributed by atoms with Crippen LogP contribution >= 0.6 is 18.0 Å². The van der Waals surface area contributed by atoms with Crippen molar-refractivity contribution in [1.29, 1.82) is 0 Å². The second kappa shape index (κ2) is 16.2. The molecule has 0 bridgehead atoms. The van der Waals surface area contributed by atoms with Crippen LogP contribution in [0.2, 0.25) is 0 Å². The summed E-state index contributed by atoms with van der Waals surface area (Å²) in [6.07, 6.45) is 11.7. The summed E-state index contributed by atoms with van der Waals surface area (Å²) in [5.41, 5.74) is 0. The van der Waals surface area contributed by atoms with Gasteiger partial charge in [-0.2, -0.15) is 0 Å². The fourth-order valence-electron chi connectivity index (χ4n) is 2.83. The Bertz CT molecular complexity index is 494. The monoisotopic (exact) mass is 437 g/mol. The third-order valence-electron chi connectivity index (χ3n) is 4.92. The first-order valence-electron chi connectivity index (χ1n) is 10.6. The van der Waals surface area contributed by atoms with Gasteiger partial charge >= 0.3 is 0 Å². The number of amides is 1. The van der Waals surface area contributed by atoms with E-state index in [-0.39, 0.29) is 22.6 Å². The highest BCUT2D eigenvalue weighted by Gasteiger charge is 2.31. The molecule has 1 amide bonds. The van der Waals surface area contributed by atoms with Crippen LogP contribution in [0.4, 0.5) is 0 Å². The molecule has 0 saturated carbocycles. The van der Waals surface area contributed by atoms with Crippen LogP contribution in [0.1, 0.15) is 90.9 Å². The van der Waals surface area contributed by atoms with Crippen molar-refractivity contribution in [1.82, 2.24) is 9.76 Å². The Morgan fingerprint density at radius 3 is 1.96 bits per heavy atom. The molecule has 0 spiro atoms. The second-order valence-electron chi connectivity index (χ2n) is 7.33. The van der Waals surface area contributed by atoms with Crippen LogP contribution in [0, 0.1) is 10.1 Å². The van der Waals surface area contributed by atoms with Crippen LogP contribution < -0.4 is 5.09 Å². The molecule has 7 nitrogen and oxygen atoms in total. The third kappa shape index (κ3) is 12.8. The van der Waals surface area contributed by atoms with Crippen molar-refractivity contribution in [2.24, 2.45) is 0 Å². The van der Waals surface area contributed by atoms with E-state index in [2.05, 4.69) is 12.0 Å². The predicted molar refractivity (Wildman–Crippen MR) is 119 cm³/mol. The smallest absolute Gasteiger partial charge is 0.276 e. The van der Waals surface area contributed by atoms with Gasteiger partial charge < -0.3 is 0 Å². The Hall–Kier alpha value is -0.590. The molecule has 0 aliphatic rings. The zero-order valence-electron chi connectivity index (χ0n) is 18.2. The Labute approximate surface area is 175 Å². The van der Waals surface area contributed by atoms with Gasteiger partial charge in [-0.1, -0.05) is 70.2 Å². The molecule has 0 aliphatic heterocycles. The summed E-state index contributed by atoms with van der Waals surface area (Å²) in [5, 5.41) is 13.3. The average molecular weight is 438 g/mol. The first-order chi connectivity index (χ1) is 13.3. The van der Waals surface area contributed by atoms with Gasteiger partial charge in [-0.3, -0.25) is 24.1 Å². The van der Waals surface area contributed by atoms with Crippen molar-refractivity contribution in [2.75, 3.05) is 20.6 Å². The zero-order chi connectivity index (χ0) is 21.4. The number of carbonyl (C=O) groups excluding carboxylic acids is 1. The van der Waals surface area contributed by atoms with Crippen LogP contribution in [-0.2, 0) is 9.36 Å². The van der Waals surface area contributed by atoms with E-state index in [1.54, 1.807) is 14.1 Å². The topological polar surface area (TPSA) is 92.6 Å². The minimum absolute atomic E-state index is 0.0526. The molecule has 2 atom stereocenters. The van der Waals surface area contributed by atoms with E-state index in [0.29, 0.717) is 12.8 Å². The van der Waals surface area contributed by atoms with Crippen LogP contribution in [0.3, 0.4) is 0 Å². The number of nitro groups is 1. The second-order valence-corrected chi connectivity index (χ2v) is 12.5. The highest BCUT2D eigenvalue weighted by molar-refractivity contribution is 8.57. The number of nitrogens with zero attached hydrogens (tertiary/aromatic N) is 2. The van der Waals surface area contributed by atoms with Crippen molar-refractivity contribution >= 4 is 23.9 Å². The summed E-state index contributed by atoms with van der Waals surface area (Å²) in [6, 6.07) is 0. The van der Waals surface area contributed by atoms with Gasteiger partial charge in [-0.25, -0.2) is 5.09 Å². The van der Waals surface area contributed by atoms with Crippen molar-refractivity contribution in [3.63, 3.8) is 0 Å². The SMILES string of the molecule is CCC(C)SP(=O)(NC)N(C)C(=O)CCCCCCCCCCCC[N+](=O)[O-]. The van der Waals surface area contributed by atoms with Crippen LogP contribution in [0.25, 0.3) is 0 Å². The summed E-state index contributed by atoms with van der Waals surface area (Å²) < 4.78 is 14.4. The first-order valence-corrected chi connectivity index (χ1v) is 13.8. The van der Waals surface area contributed by atoms with Crippen LogP contribution in [0.15, 0.2) is 0 Å². The lowest BCUT2D eigenvalue weighted by atomic mass is 10.1. The largest absolute Gasteiger partial charge is 0.294 e. The Morgan fingerprint density at radius 2 is 1.54 bits per heavy atom. The standard InChI is InChI=1S/C19H40N3O4PS/c1-5-18(2)28-27(26,20-3)21(4)19(23)16-14-12-10-8-6-7-9-11-13-15-17-22(24)25/h18H,5-17H2,1-4H3,(H,20,26). The van der Waals surface area contributed by atoms with Crippen LogP contribution in [-0.4, -0.2) is 41.4 Å². The summed E-state index contributed by atoms with van der Waals surface area (Å²) in [4.78, 5) is 22.4. The molecule has 0 rings (SSSR count). The third-order valence-corrected chi connectivity index (χ3v) is 10.7. The van der Waals surface area contributed by atoms with Crippen LogP contribution in [0.5, 0.6) is 0 Å². The fourth-order valence-corrected chi connectivity index (χ4v) is 7.33. The zero-order valence-corrected chi connectivity index (χ0v) is 19.9. The minimum Gasteiger partial charge on any atom is -0.276 e. The molecule has 0 aliphatic carbocycles. The number of unbranched alkanes of at least 4 members (excludes halogenated alkanes) is 9. The molecule has 0 aromatic carbocycles. The molecule has 0 heterocycles. The lowest BCUT2D eigenvalue weighted by Crippen LogP contribution is -2.28. The van der Waals surface area contributed by atoms with E-state index in [0.717, 1.165) is 51.4 Å². The molecule has 2 unspecified atom stereocenters. The van der Waals surface area contributed by atoms with Gasteiger partial charge in [0.1, 0.15) is 0 Å². The number of hydrogen-bond acceptors (Lipinski definition) is 5. The summed E-state index contributed by atoms with van der Waals surface area (Å²) in [5.74, 6) is -0.0526. The maximum Gasteiger partial charge on any atom is 0.294 e. The van der Waals surface area contributed by atoms with E-state index in [9.17, 15) is 19.5 Å². The Balaban J connectivity index is 3.78. The lowest BCUT2D eigenvalue weighted by Gasteiger charge is -2.28. The van der Waals surface area contributed by atoms with Crippen molar-refractivity contribution in [3.8, 4) is 0 Å². The fraction of sp³-hybridized carbons (Fsp3) is 0.947. The number of carbonyl (C=O) groups is 1. The molecule has 1 N–H and O–H groups in total. The summed E-state index contributed by atoms with van der Waals surface area (Å²) in [6.45, 7) is 1.28. The van der Waals surface area contributed by atoms with E-state index in [1.165, 1.54) is 28.9 Å². The number of hydrogen-bond donors (Lipinski definition) is 1. The first kappa shape index (κ1) is 27.4. The normalized spacial score (nSPS) is 14.4. The van der Waals surface area contributed by atoms with Crippen molar-refractivity contribution in [3.05, 3.63) is 10.1 Å². The molecule has 0 radical (unpaired) electrons. The van der Waals surface area contributed by atoms with E-state index in [1.807, 2.05) is 6.92 Å². The molecule has 0 fully saturated rings. The van der Waals surface area contributed by atoms with Gasteiger partial charge in [0.15, 0.2) is 0 Å². The van der Waals surface area contributed by atoms with Gasteiger partial charge in [-0.15, -0.1) is 0 Å². The Kier molecular flexibility index (Phi) is 15.9. The highest BCUT2D eigenvalue weighted by Crippen LogP contribution is 2.59. The molecular formula is C19H40N3O4PS. The number of nitrogens with one attached hydrogen (secondary N) is 1. The van der Waals surface area contributed by atoms with Gasteiger partial charge in [0.2, 0.25) is 12.5 Å². The van der Waals surface area contributed by atoms with E-state index < -0.39 is 6.65 Å². The van der Waals surface area contributed by atoms with Gasteiger partial charge in [0, 0.05) is 30.1 Å². The minimum atomic E-state index is -2.89. The Morgan fingerprint density at radius 1 is 1.07 bits per heavy atom. The van der Waals surface area contributed by atoms with Crippen molar-refractivity contribution in [2.45, 2.75) is 96.1 Å².